The van der Waals surface area contributed by atoms with Gasteiger partial charge in [-0.05, 0) is 19.0 Å². The summed E-state index contributed by atoms with van der Waals surface area (Å²) in [5, 5.41) is 9.85. The summed E-state index contributed by atoms with van der Waals surface area (Å²) in [5.41, 5.74) is 0.318. The topological polar surface area (TPSA) is 43.8 Å². The molecule has 1 aliphatic heterocycles. The van der Waals surface area contributed by atoms with Gasteiger partial charge in [-0.15, -0.1) is 0 Å². The zero-order chi connectivity index (χ0) is 14.6. The molecule has 0 amide bonds. The van der Waals surface area contributed by atoms with Gasteiger partial charge in [-0.25, -0.2) is 0 Å². The first-order valence-electron chi connectivity index (χ1n) is 7.29. The van der Waals surface area contributed by atoms with Crippen LogP contribution in [0.4, 0.5) is 0 Å². The van der Waals surface area contributed by atoms with Crippen LogP contribution in [0.2, 0.25) is 0 Å². The van der Waals surface area contributed by atoms with Crippen LogP contribution in [0.15, 0.2) is 30.3 Å². The van der Waals surface area contributed by atoms with Crippen molar-refractivity contribution < 1.29 is 9.90 Å². The predicted octanol–water partition coefficient (Wildman–Crippen LogP) is 1.71. The maximum Gasteiger partial charge on any atom is 0.324 e. The second kappa shape index (κ2) is 6.37. The van der Waals surface area contributed by atoms with E-state index in [4.69, 9.17) is 0 Å². The van der Waals surface area contributed by atoms with Gasteiger partial charge >= 0.3 is 5.97 Å². The molecule has 1 aromatic carbocycles. The average Bonchev–Trinajstić information content (AvgIpc) is 2.46. The first-order chi connectivity index (χ1) is 9.58. The molecule has 0 saturated carbocycles. The third-order valence-electron chi connectivity index (χ3n) is 4.43. The van der Waals surface area contributed by atoms with Crippen molar-refractivity contribution in [2.24, 2.45) is 0 Å². The number of likely N-dealkylation sites (N-methyl/N-ethyl adjacent to an activating group) is 1. The highest BCUT2D eigenvalue weighted by Crippen LogP contribution is 2.27. The fourth-order valence-corrected chi connectivity index (χ4v) is 2.99. The van der Waals surface area contributed by atoms with Crippen LogP contribution in [-0.4, -0.2) is 59.6 Å². The van der Waals surface area contributed by atoms with Gasteiger partial charge < -0.3 is 10.0 Å². The standard InChI is InChI=1S/C16H24N2O2/c1-3-16(15(19)20,13-14-7-5-4-6-8-14)18-11-9-17(2)10-12-18/h4-8H,3,9-13H2,1-2H3,(H,19,20). The summed E-state index contributed by atoms with van der Waals surface area (Å²) in [6.07, 6.45) is 1.20. The Balaban J connectivity index is 2.23. The summed E-state index contributed by atoms with van der Waals surface area (Å²) in [4.78, 5) is 16.4. The Hall–Kier alpha value is -1.39. The molecule has 20 heavy (non-hydrogen) atoms. The van der Waals surface area contributed by atoms with Crippen LogP contribution in [0, 0.1) is 0 Å². The van der Waals surface area contributed by atoms with Gasteiger partial charge in [0.05, 0.1) is 0 Å². The van der Waals surface area contributed by atoms with Crippen LogP contribution < -0.4 is 0 Å². The third kappa shape index (κ3) is 3.02. The number of carboxylic acids is 1. The highest BCUT2D eigenvalue weighted by atomic mass is 16.4. The van der Waals surface area contributed by atoms with E-state index in [9.17, 15) is 9.90 Å². The minimum absolute atomic E-state index is 0.573. The number of piperazine rings is 1. The number of aliphatic carboxylic acids is 1. The highest BCUT2D eigenvalue weighted by molar-refractivity contribution is 5.79. The molecular formula is C16H24N2O2. The number of rotatable bonds is 5. The second-order valence-corrected chi connectivity index (χ2v) is 5.64. The smallest absolute Gasteiger partial charge is 0.324 e. The van der Waals surface area contributed by atoms with Crippen molar-refractivity contribution in [3.05, 3.63) is 35.9 Å². The molecule has 4 heteroatoms. The minimum Gasteiger partial charge on any atom is -0.480 e. The van der Waals surface area contributed by atoms with E-state index >= 15 is 0 Å². The van der Waals surface area contributed by atoms with Gasteiger partial charge in [0.2, 0.25) is 0 Å². The highest BCUT2D eigenvalue weighted by Gasteiger charge is 2.43. The van der Waals surface area contributed by atoms with E-state index < -0.39 is 11.5 Å². The number of hydrogen-bond acceptors (Lipinski definition) is 3. The summed E-state index contributed by atoms with van der Waals surface area (Å²) in [6.45, 7) is 5.50. The third-order valence-corrected chi connectivity index (χ3v) is 4.43. The molecule has 0 bridgehead atoms. The van der Waals surface area contributed by atoms with Gasteiger partial charge in [0, 0.05) is 32.6 Å². The molecule has 0 spiro atoms. The fourth-order valence-electron chi connectivity index (χ4n) is 2.99. The largest absolute Gasteiger partial charge is 0.480 e. The minimum atomic E-state index is -0.775. The van der Waals surface area contributed by atoms with E-state index in [-0.39, 0.29) is 0 Å². The Morgan fingerprint density at radius 2 is 1.80 bits per heavy atom. The quantitative estimate of drug-likeness (QED) is 0.889. The van der Waals surface area contributed by atoms with Crippen molar-refractivity contribution in [2.75, 3.05) is 33.2 Å². The molecule has 1 aromatic rings. The molecule has 1 fully saturated rings. The molecule has 1 unspecified atom stereocenters. The summed E-state index contributed by atoms with van der Waals surface area (Å²) >= 11 is 0. The van der Waals surface area contributed by atoms with Crippen LogP contribution in [0.1, 0.15) is 18.9 Å². The van der Waals surface area contributed by atoms with Crippen molar-refractivity contribution >= 4 is 5.97 Å². The van der Waals surface area contributed by atoms with E-state index in [1.165, 1.54) is 0 Å². The number of nitrogens with zero attached hydrogens (tertiary/aromatic N) is 2. The molecule has 1 heterocycles. The van der Waals surface area contributed by atoms with Gasteiger partial charge in [-0.2, -0.15) is 0 Å². The molecule has 1 atom stereocenters. The summed E-state index contributed by atoms with van der Waals surface area (Å²) in [5.74, 6) is -0.701. The molecule has 1 N–H and O–H groups in total. The first kappa shape index (κ1) is 15.0. The van der Waals surface area contributed by atoms with Crippen LogP contribution in [-0.2, 0) is 11.2 Å². The second-order valence-electron chi connectivity index (χ2n) is 5.64. The SMILES string of the molecule is CCC(Cc1ccccc1)(C(=O)O)N1CCN(C)CC1. The van der Waals surface area contributed by atoms with E-state index in [0.29, 0.717) is 12.8 Å². The maximum atomic E-state index is 12.0. The molecule has 1 saturated heterocycles. The van der Waals surface area contributed by atoms with Crippen LogP contribution in [0.5, 0.6) is 0 Å². The Morgan fingerprint density at radius 3 is 2.30 bits per heavy atom. The normalized spacial score (nSPS) is 20.5. The van der Waals surface area contributed by atoms with E-state index in [1.54, 1.807) is 0 Å². The summed E-state index contributed by atoms with van der Waals surface area (Å²) in [7, 11) is 2.09. The predicted molar refractivity (Wildman–Crippen MR) is 79.9 cm³/mol. The summed E-state index contributed by atoms with van der Waals surface area (Å²) in [6, 6.07) is 9.95. The average molecular weight is 276 g/mol. The van der Waals surface area contributed by atoms with Crippen molar-refractivity contribution in [2.45, 2.75) is 25.3 Å². The lowest BCUT2D eigenvalue weighted by molar-refractivity contribution is -0.153. The summed E-state index contributed by atoms with van der Waals surface area (Å²) < 4.78 is 0. The number of carboxylic acid groups (broad SMARTS) is 1. The maximum absolute atomic E-state index is 12.0. The Labute approximate surface area is 121 Å². The zero-order valence-electron chi connectivity index (χ0n) is 12.4. The van der Waals surface area contributed by atoms with Crippen molar-refractivity contribution in [1.29, 1.82) is 0 Å². The van der Waals surface area contributed by atoms with E-state index in [2.05, 4.69) is 16.8 Å². The number of hydrogen-bond donors (Lipinski definition) is 1. The van der Waals surface area contributed by atoms with Crippen molar-refractivity contribution in [3.63, 3.8) is 0 Å². The first-order valence-corrected chi connectivity index (χ1v) is 7.29. The Kier molecular flexibility index (Phi) is 4.78. The van der Waals surface area contributed by atoms with Crippen LogP contribution >= 0.6 is 0 Å². The molecule has 110 valence electrons. The lowest BCUT2D eigenvalue weighted by Gasteiger charge is -2.44. The van der Waals surface area contributed by atoms with Crippen molar-refractivity contribution in [1.82, 2.24) is 9.80 Å². The lowest BCUT2D eigenvalue weighted by Crippen LogP contribution is -2.61. The van der Waals surface area contributed by atoms with Gasteiger partial charge in [0.15, 0.2) is 0 Å². The number of carbonyl (C=O) groups is 1. The van der Waals surface area contributed by atoms with Gasteiger partial charge in [-0.3, -0.25) is 9.69 Å². The fraction of sp³-hybridized carbons (Fsp3) is 0.562. The van der Waals surface area contributed by atoms with Crippen LogP contribution in [0.25, 0.3) is 0 Å². The molecule has 0 aliphatic carbocycles. The van der Waals surface area contributed by atoms with Gasteiger partial charge in [0.1, 0.15) is 5.54 Å². The molecular weight excluding hydrogens is 252 g/mol. The molecule has 1 aliphatic rings. The molecule has 0 aromatic heterocycles. The van der Waals surface area contributed by atoms with E-state index in [1.807, 2.05) is 37.3 Å². The molecule has 2 rings (SSSR count). The zero-order valence-corrected chi connectivity index (χ0v) is 12.4. The van der Waals surface area contributed by atoms with E-state index in [0.717, 1.165) is 31.7 Å². The molecule has 0 radical (unpaired) electrons. The monoisotopic (exact) mass is 276 g/mol. The number of benzene rings is 1. The van der Waals surface area contributed by atoms with Crippen LogP contribution in [0.3, 0.4) is 0 Å². The van der Waals surface area contributed by atoms with Gasteiger partial charge in [0.25, 0.3) is 0 Å². The Bertz CT molecular complexity index is 441. The van der Waals surface area contributed by atoms with Gasteiger partial charge in [-0.1, -0.05) is 37.3 Å². The Morgan fingerprint density at radius 1 is 1.20 bits per heavy atom. The van der Waals surface area contributed by atoms with Crippen molar-refractivity contribution in [3.8, 4) is 0 Å². The molecule has 4 nitrogen and oxygen atoms in total. The lowest BCUT2D eigenvalue weighted by atomic mass is 9.85.